The van der Waals surface area contributed by atoms with E-state index >= 15 is 0 Å². The van der Waals surface area contributed by atoms with Gasteiger partial charge in [-0.25, -0.2) is 0 Å². The normalized spacial score (nSPS) is 30.6. The predicted molar refractivity (Wildman–Crippen MR) is 82.5 cm³/mol. The molecule has 2 saturated heterocycles. The van der Waals surface area contributed by atoms with E-state index in [0.29, 0.717) is 5.41 Å². The van der Waals surface area contributed by atoms with Crippen molar-refractivity contribution in [3.8, 4) is 0 Å². The minimum absolute atomic E-state index is 0.528. The molecule has 3 heteroatoms. The second-order valence-corrected chi connectivity index (χ2v) is 7.41. The van der Waals surface area contributed by atoms with E-state index in [2.05, 4.69) is 42.8 Å². The topological polar surface area (TPSA) is 18.5 Å². The summed E-state index contributed by atoms with van der Waals surface area (Å²) in [6.07, 6.45) is 1.36. The standard InChI is InChI=1S/C16H33N3/c1-14(2)11-18-7-9-19(10-8-18)13-16(15(3)4)5-6-17-12-16/h14-15,17H,5-13H2,1-4H3. The number of hydrogen-bond acceptors (Lipinski definition) is 3. The summed E-state index contributed by atoms with van der Waals surface area (Å²) in [4.78, 5) is 5.35. The second-order valence-electron chi connectivity index (χ2n) is 7.41. The van der Waals surface area contributed by atoms with Gasteiger partial charge in [-0.15, -0.1) is 0 Å². The van der Waals surface area contributed by atoms with Crippen LogP contribution >= 0.6 is 0 Å². The van der Waals surface area contributed by atoms with E-state index in [1.54, 1.807) is 0 Å². The molecule has 0 spiro atoms. The Labute approximate surface area is 119 Å². The third kappa shape index (κ3) is 3.93. The van der Waals surface area contributed by atoms with Gasteiger partial charge in [0.1, 0.15) is 0 Å². The summed E-state index contributed by atoms with van der Waals surface area (Å²) in [5.74, 6) is 1.59. The first-order valence-electron chi connectivity index (χ1n) is 8.17. The molecule has 19 heavy (non-hydrogen) atoms. The highest BCUT2D eigenvalue weighted by Crippen LogP contribution is 2.35. The Kier molecular flexibility index (Phi) is 5.27. The minimum atomic E-state index is 0.528. The van der Waals surface area contributed by atoms with Gasteiger partial charge in [-0.05, 0) is 30.2 Å². The van der Waals surface area contributed by atoms with Crippen molar-refractivity contribution >= 4 is 0 Å². The Balaban J connectivity index is 1.81. The van der Waals surface area contributed by atoms with Gasteiger partial charge in [0, 0.05) is 45.8 Å². The monoisotopic (exact) mass is 267 g/mol. The average Bonchev–Trinajstić information content (AvgIpc) is 2.81. The van der Waals surface area contributed by atoms with Crippen molar-refractivity contribution in [2.24, 2.45) is 17.3 Å². The van der Waals surface area contributed by atoms with E-state index in [9.17, 15) is 0 Å². The zero-order valence-corrected chi connectivity index (χ0v) is 13.4. The van der Waals surface area contributed by atoms with Gasteiger partial charge in [0.2, 0.25) is 0 Å². The molecule has 0 saturated carbocycles. The van der Waals surface area contributed by atoms with E-state index in [4.69, 9.17) is 0 Å². The summed E-state index contributed by atoms with van der Waals surface area (Å²) in [5, 5.41) is 3.58. The van der Waals surface area contributed by atoms with E-state index in [0.717, 1.165) is 11.8 Å². The summed E-state index contributed by atoms with van der Waals surface area (Å²) in [5.41, 5.74) is 0.528. The van der Waals surface area contributed by atoms with Crippen LogP contribution in [0, 0.1) is 17.3 Å². The fourth-order valence-electron chi connectivity index (χ4n) is 3.67. The van der Waals surface area contributed by atoms with Gasteiger partial charge in [0.05, 0.1) is 0 Å². The fourth-order valence-corrected chi connectivity index (χ4v) is 3.67. The molecular weight excluding hydrogens is 234 g/mol. The van der Waals surface area contributed by atoms with Crippen molar-refractivity contribution in [3.05, 3.63) is 0 Å². The van der Waals surface area contributed by atoms with Crippen LogP contribution in [0.15, 0.2) is 0 Å². The lowest BCUT2D eigenvalue weighted by Crippen LogP contribution is -2.52. The number of nitrogens with zero attached hydrogens (tertiary/aromatic N) is 2. The van der Waals surface area contributed by atoms with Gasteiger partial charge in [0.15, 0.2) is 0 Å². The smallest absolute Gasteiger partial charge is 0.0110 e. The zero-order chi connectivity index (χ0) is 13.9. The highest BCUT2D eigenvalue weighted by Gasteiger charge is 2.38. The molecule has 2 heterocycles. The van der Waals surface area contributed by atoms with Gasteiger partial charge in [-0.3, -0.25) is 0 Å². The van der Waals surface area contributed by atoms with Crippen LogP contribution in [0.25, 0.3) is 0 Å². The van der Waals surface area contributed by atoms with Crippen LogP contribution in [0.3, 0.4) is 0 Å². The Morgan fingerprint density at radius 2 is 1.63 bits per heavy atom. The lowest BCUT2D eigenvalue weighted by molar-refractivity contribution is 0.0654. The van der Waals surface area contributed by atoms with Gasteiger partial charge >= 0.3 is 0 Å². The molecule has 0 amide bonds. The van der Waals surface area contributed by atoms with Crippen molar-refractivity contribution in [3.63, 3.8) is 0 Å². The Morgan fingerprint density at radius 1 is 1.00 bits per heavy atom. The van der Waals surface area contributed by atoms with Gasteiger partial charge in [-0.2, -0.15) is 0 Å². The minimum Gasteiger partial charge on any atom is -0.316 e. The molecule has 0 aromatic heterocycles. The first kappa shape index (κ1) is 15.3. The summed E-state index contributed by atoms with van der Waals surface area (Å²) in [7, 11) is 0. The lowest BCUT2D eigenvalue weighted by Gasteiger charge is -2.42. The number of nitrogens with one attached hydrogen (secondary N) is 1. The molecule has 1 N–H and O–H groups in total. The molecule has 0 aliphatic carbocycles. The van der Waals surface area contributed by atoms with Gasteiger partial charge in [0.25, 0.3) is 0 Å². The SMILES string of the molecule is CC(C)CN1CCN(CC2(C(C)C)CCNC2)CC1. The quantitative estimate of drug-likeness (QED) is 0.821. The highest BCUT2D eigenvalue weighted by atomic mass is 15.3. The van der Waals surface area contributed by atoms with Crippen molar-refractivity contribution in [2.75, 3.05) is 52.4 Å². The Bertz CT molecular complexity index is 261. The molecule has 112 valence electrons. The molecule has 0 aromatic rings. The van der Waals surface area contributed by atoms with Crippen LogP contribution in [0.4, 0.5) is 0 Å². The molecule has 0 aromatic carbocycles. The highest BCUT2D eigenvalue weighted by molar-refractivity contribution is 4.93. The number of piperazine rings is 1. The molecule has 1 atom stereocenters. The van der Waals surface area contributed by atoms with Crippen LogP contribution in [-0.2, 0) is 0 Å². The summed E-state index contributed by atoms with van der Waals surface area (Å²) in [6, 6.07) is 0. The maximum atomic E-state index is 3.58. The number of hydrogen-bond donors (Lipinski definition) is 1. The van der Waals surface area contributed by atoms with Crippen molar-refractivity contribution in [1.82, 2.24) is 15.1 Å². The van der Waals surface area contributed by atoms with E-state index in [1.165, 1.54) is 58.8 Å². The lowest BCUT2D eigenvalue weighted by atomic mass is 9.76. The predicted octanol–water partition coefficient (Wildman–Crippen LogP) is 1.90. The second kappa shape index (κ2) is 6.55. The van der Waals surface area contributed by atoms with Crippen LogP contribution in [0.5, 0.6) is 0 Å². The Hall–Kier alpha value is -0.120. The molecule has 0 bridgehead atoms. The molecule has 2 aliphatic rings. The summed E-state index contributed by atoms with van der Waals surface area (Å²) in [6.45, 7) is 19.5. The molecule has 0 radical (unpaired) electrons. The molecule has 2 rings (SSSR count). The van der Waals surface area contributed by atoms with E-state index < -0.39 is 0 Å². The molecular formula is C16H33N3. The van der Waals surface area contributed by atoms with E-state index in [-0.39, 0.29) is 0 Å². The van der Waals surface area contributed by atoms with Crippen molar-refractivity contribution < 1.29 is 0 Å². The third-order valence-corrected chi connectivity index (χ3v) is 5.13. The first-order chi connectivity index (χ1) is 9.02. The van der Waals surface area contributed by atoms with Crippen LogP contribution in [-0.4, -0.2) is 62.2 Å². The zero-order valence-electron chi connectivity index (χ0n) is 13.4. The van der Waals surface area contributed by atoms with Crippen LogP contribution in [0.2, 0.25) is 0 Å². The number of rotatable bonds is 5. The molecule has 2 aliphatic heterocycles. The third-order valence-electron chi connectivity index (χ3n) is 5.13. The largest absolute Gasteiger partial charge is 0.316 e. The maximum absolute atomic E-state index is 3.58. The van der Waals surface area contributed by atoms with Gasteiger partial charge < -0.3 is 15.1 Å². The fraction of sp³-hybridized carbons (Fsp3) is 1.00. The Morgan fingerprint density at radius 3 is 2.11 bits per heavy atom. The first-order valence-corrected chi connectivity index (χ1v) is 8.17. The van der Waals surface area contributed by atoms with E-state index in [1.807, 2.05) is 0 Å². The average molecular weight is 267 g/mol. The summed E-state index contributed by atoms with van der Waals surface area (Å²) < 4.78 is 0. The van der Waals surface area contributed by atoms with Gasteiger partial charge in [-0.1, -0.05) is 27.7 Å². The molecule has 1 unspecified atom stereocenters. The van der Waals surface area contributed by atoms with Crippen molar-refractivity contribution in [1.29, 1.82) is 0 Å². The molecule has 3 nitrogen and oxygen atoms in total. The van der Waals surface area contributed by atoms with Crippen molar-refractivity contribution in [2.45, 2.75) is 34.1 Å². The van der Waals surface area contributed by atoms with Crippen LogP contribution in [0.1, 0.15) is 34.1 Å². The molecule has 2 fully saturated rings. The maximum Gasteiger partial charge on any atom is 0.0110 e. The summed E-state index contributed by atoms with van der Waals surface area (Å²) >= 11 is 0. The van der Waals surface area contributed by atoms with Crippen LogP contribution < -0.4 is 5.32 Å².